The Bertz CT molecular complexity index is 947. The van der Waals surface area contributed by atoms with E-state index >= 15 is 0 Å². The molecule has 0 unspecified atom stereocenters. The van der Waals surface area contributed by atoms with Gasteiger partial charge in [0, 0.05) is 31.0 Å². The number of fused-ring (bicyclic) bond motifs is 1. The van der Waals surface area contributed by atoms with Gasteiger partial charge in [-0.25, -0.2) is 0 Å². The summed E-state index contributed by atoms with van der Waals surface area (Å²) in [7, 11) is 4.12. The number of aromatic nitrogens is 1. The van der Waals surface area contributed by atoms with Crippen molar-refractivity contribution in [2.45, 2.75) is 6.92 Å². The average Bonchev–Trinajstić information content (AvgIpc) is 2.97. The highest BCUT2D eigenvalue weighted by molar-refractivity contribution is 7.80. The zero-order valence-corrected chi connectivity index (χ0v) is 16.9. The van der Waals surface area contributed by atoms with Crippen LogP contribution < -0.4 is 20.1 Å². The number of nitrogens with zero attached hydrogens (tertiary/aromatic N) is 2. The maximum absolute atomic E-state index is 5.27. The molecule has 0 fully saturated rings. The molecule has 6 heteroatoms. The largest absolute Gasteiger partial charge is 0.363 e. The van der Waals surface area contributed by atoms with Crippen molar-refractivity contribution in [3.05, 3.63) is 60.1 Å². The summed E-state index contributed by atoms with van der Waals surface area (Å²) in [6.07, 6.45) is 0. The van der Waals surface area contributed by atoms with Gasteiger partial charge in [0.25, 0.3) is 5.01 Å². The van der Waals surface area contributed by atoms with Crippen LogP contribution in [0, 0.1) is 0 Å². The smallest absolute Gasteiger partial charge is 0.285 e. The number of rotatable bonds is 5. The number of anilines is 2. The average molecular weight is 384 g/mol. The fourth-order valence-electron chi connectivity index (χ4n) is 2.77. The van der Waals surface area contributed by atoms with Crippen LogP contribution in [-0.2, 0) is 7.05 Å². The zero-order valence-electron chi connectivity index (χ0n) is 15.2. The normalized spacial score (nSPS) is 10.6. The van der Waals surface area contributed by atoms with Gasteiger partial charge in [-0.2, -0.15) is 4.57 Å². The van der Waals surface area contributed by atoms with E-state index in [0.717, 1.165) is 28.6 Å². The van der Waals surface area contributed by atoms with Gasteiger partial charge in [-0.05, 0) is 43.4 Å². The minimum absolute atomic E-state index is 0.640. The van der Waals surface area contributed by atoms with Crippen molar-refractivity contribution >= 4 is 56.0 Å². The number of nitrogens with one attached hydrogen (secondary N) is 2. The molecule has 134 valence electrons. The Hall–Kier alpha value is -2.44. The molecule has 1 heterocycles. The summed E-state index contributed by atoms with van der Waals surface area (Å²) < 4.78 is 3.38. The minimum atomic E-state index is 0.640. The van der Waals surface area contributed by atoms with Crippen molar-refractivity contribution in [3.63, 3.8) is 0 Å². The molecule has 2 N–H and O–H groups in total. The van der Waals surface area contributed by atoms with Crippen molar-refractivity contribution in [2.75, 3.05) is 23.8 Å². The second-order valence-electron chi connectivity index (χ2n) is 5.97. The van der Waals surface area contributed by atoms with Crippen LogP contribution in [0.4, 0.5) is 11.4 Å². The van der Waals surface area contributed by atoms with Gasteiger partial charge in [0.1, 0.15) is 17.4 Å². The van der Waals surface area contributed by atoms with E-state index in [1.165, 1.54) is 10.2 Å². The quantitative estimate of drug-likeness (QED) is 0.512. The molecule has 0 bridgehead atoms. The van der Waals surface area contributed by atoms with Crippen molar-refractivity contribution in [3.8, 4) is 0 Å². The monoisotopic (exact) mass is 383 g/mol. The first kappa shape index (κ1) is 18.4. The first-order valence-electron chi connectivity index (χ1n) is 8.46. The number of benzene rings is 2. The number of hydrogen-bond acceptors (Lipinski definition) is 3. The predicted octanol–water partition coefficient (Wildman–Crippen LogP) is 4.14. The molecule has 4 nitrogen and oxygen atoms in total. The highest BCUT2D eigenvalue weighted by atomic mass is 32.1. The molecule has 3 rings (SSSR count). The Balaban J connectivity index is 1.91. The summed E-state index contributed by atoms with van der Waals surface area (Å²) >= 11 is 7.00. The molecule has 0 atom stereocenters. The number of para-hydroxylation sites is 1. The number of thiazole rings is 1. The van der Waals surface area contributed by atoms with E-state index in [2.05, 4.69) is 58.0 Å². The molecule has 0 aliphatic heterocycles. The molecule has 2 aromatic carbocycles. The highest BCUT2D eigenvalue weighted by Crippen LogP contribution is 2.30. The van der Waals surface area contributed by atoms with E-state index in [-0.39, 0.29) is 0 Å². The van der Waals surface area contributed by atoms with E-state index in [1.807, 2.05) is 38.2 Å². The van der Waals surface area contributed by atoms with Gasteiger partial charge in [-0.15, -0.1) is 0 Å². The summed E-state index contributed by atoms with van der Waals surface area (Å²) in [5.74, 6) is 0. The van der Waals surface area contributed by atoms with Crippen LogP contribution in [0.1, 0.15) is 11.9 Å². The van der Waals surface area contributed by atoms with Gasteiger partial charge in [0.05, 0.1) is 0 Å². The maximum atomic E-state index is 5.27. The lowest BCUT2D eigenvalue weighted by Gasteiger charge is -2.18. The van der Waals surface area contributed by atoms with Crippen LogP contribution in [-0.4, -0.2) is 18.7 Å². The first-order valence-corrected chi connectivity index (χ1v) is 9.69. The van der Waals surface area contributed by atoms with Gasteiger partial charge in [-0.1, -0.05) is 36.1 Å². The number of hydrogen-bond donors (Lipinski definition) is 2. The van der Waals surface area contributed by atoms with Crippen LogP contribution in [0.2, 0.25) is 0 Å². The van der Waals surface area contributed by atoms with Crippen LogP contribution >= 0.6 is 23.6 Å². The maximum Gasteiger partial charge on any atom is 0.285 e. The fraction of sp³-hybridized carbons (Fsp3) is 0.200. The standard InChI is InChI=1S/C20H22N4S2/c1-5-21-20(25)22-15-11-12-17-18(13-15)26-19(24(17)4)14(2)23(3)16-9-7-6-8-10-16/h6-13H,2,5H2,1,3-4H3,(H-,21,22,25)/p+1. The number of thiocarbonyl (C=S) groups is 1. The lowest BCUT2D eigenvalue weighted by atomic mass is 10.2. The van der Waals surface area contributed by atoms with Crippen LogP contribution in [0.15, 0.2) is 55.1 Å². The summed E-state index contributed by atoms with van der Waals surface area (Å²) in [4.78, 5) is 2.12. The molecule has 0 aliphatic carbocycles. The Morgan fingerprint density at radius 2 is 1.96 bits per heavy atom. The van der Waals surface area contributed by atoms with Crippen molar-refractivity contribution in [2.24, 2.45) is 7.05 Å². The molecular weight excluding hydrogens is 360 g/mol. The van der Waals surface area contributed by atoms with Crippen molar-refractivity contribution in [1.82, 2.24) is 5.32 Å². The molecular formula is C20H23N4S2+. The Labute approximate surface area is 163 Å². The molecule has 0 saturated carbocycles. The van der Waals surface area contributed by atoms with Crippen molar-refractivity contribution < 1.29 is 4.57 Å². The van der Waals surface area contributed by atoms with E-state index < -0.39 is 0 Å². The van der Waals surface area contributed by atoms with E-state index in [0.29, 0.717) is 5.11 Å². The topological polar surface area (TPSA) is 31.2 Å². The Morgan fingerprint density at radius 1 is 1.23 bits per heavy atom. The molecule has 0 radical (unpaired) electrons. The van der Waals surface area contributed by atoms with Gasteiger partial charge < -0.3 is 15.5 Å². The molecule has 26 heavy (non-hydrogen) atoms. The van der Waals surface area contributed by atoms with Crippen LogP contribution in [0.3, 0.4) is 0 Å². The van der Waals surface area contributed by atoms with Gasteiger partial charge in [0.2, 0.25) is 5.52 Å². The third kappa shape index (κ3) is 3.71. The van der Waals surface area contributed by atoms with E-state index in [9.17, 15) is 0 Å². The highest BCUT2D eigenvalue weighted by Gasteiger charge is 2.22. The fourth-order valence-corrected chi connectivity index (χ4v) is 4.23. The first-order chi connectivity index (χ1) is 12.5. The second-order valence-corrected chi connectivity index (χ2v) is 7.41. The molecule has 0 saturated heterocycles. The van der Waals surface area contributed by atoms with E-state index in [1.54, 1.807) is 11.3 Å². The van der Waals surface area contributed by atoms with Crippen LogP contribution in [0.5, 0.6) is 0 Å². The predicted molar refractivity (Wildman–Crippen MR) is 117 cm³/mol. The number of aryl methyl sites for hydroxylation is 1. The molecule has 0 spiro atoms. The lowest BCUT2D eigenvalue weighted by molar-refractivity contribution is -0.642. The van der Waals surface area contributed by atoms with Gasteiger partial charge in [0.15, 0.2) is 5.11 Å². The summed E-state index contributed by atoms with van der Waals surface area (Å²) in [5, 5.41) is 8.10. The Kier molecular flexibility index (Phi) is 5.54. The molecule has 1 aromatic heterocycles. The SMILES string of the molecule is C=C(c1sc2cc(NC(=S)NCC)ccc2[n+]1C)N(C)c1ccccc1. The molecule has 3 aromatic rings. The summed E-state index contributed by atoms with van der Waals surface area (Å²) in [6.45, 7) is 7.15. The van der Waals surface area contributed by atoms with Gasteiger partial charge in [-0.3, -0.25) is 0 Å². The third-order valence-electron chi connectivity index (χ3n) is 4.22. The van der Waals surface area contributed by atoms with Crippen LogP contribution in [0.25, 0.3) is 15.9 Å². The second kappa shape index (κ2) is 7.85. The summed E-state index contributed by atoms with van der Waals surface area (Å²) in [5.41, 5.74) is 4.25. The third-order valence-corrected chi connectivity index (χ3v) is 5.72. The molecule has 0 amide bonds. The van der Waals surface area contributed by atoms with E-state index in [4.69, 9.17) is 12.2 Å². The Morgan fingerprint density at radius 3 is 2.65 bits per heavy atom. The summed E-state index contributed by atoms with van der Waals surface area (Å²) in [6, 6.07) is 16.6. The minimum Gasteiger partial charge on any atom is -0.363 e. The lowest BCUT2D eigenvalue weighted by Crippen LogP contribution is -2.33. The zero-order chi connectivity index (χ0) is 18.7. The molecule has 0 aliphatic rings. The van der Waals surface area contributed by atoms with Gasteiger partial charge >= 0.3 is 0 Å². The van der Waals surface area contributed by atoms with Crippen molar-refractivity contribution in [1.29, 1.82) is 0 Å².